The lowest BCUT2D eigenvalue weighted by Crippen LogP contribution is -2.43. The Labute approximate surface area is 131 Å². The first-order valence-electron chi connectivity index (χ1n) is 6.50. The highest BCUT2D eigenvalue weighted by molar-refractivity contribution is 9.10. The number of hydrogen-bond donors (Lipinski definition) is 1. The van der Waals surface area contributed by atoms with Gasteiger partial charge in [0.15, 0.2) is 6.61 Å². The fraction of sp³-hybridized carbons (Fsp3) is 0.429. The normalized spacial score (nSPS) is 19.2. The van der Waals surface area contributed by atoms with Crippen molar-refractivity contribution in [2.24, 2.45) is 11.1 Å². The molecule has 0 saturated heterocycles. The molecule has 0 atom stereocenters. The SMILES string of the molecule is NC(=S)CC1(CN2C(=O)COc3ccc(Br)cc32)CC1. The van der Waals surface area contributed by atoms with Gasteiger partial charge in [0, 0.05) is 17.4 Å². The minimum atomic E-state index is -0.00943. The molecule has 1 fully saturated rings. The Morgan fingerprint density at radius 2 is 2.25 bits per heavy atom. The van der Waals surface area contributed by atoms with Gasteiger partial charge in [0.25, 0.3) is 5.91 Å². The van der Waals surface area contributed by atoms with Crippen molar-refractivity contribution < 1.29 is 9.53 Å². The number of amides is 1. The van der Waals surface area contributed by atoms with E-state index in [2.05, 4.69) is 15.9 Å². The van der Waals surface area contributed by atoms with E-state index in [0.717, 1.165) is 28.8 Å². The standard InChI is InChI=1S/C14H15BrN2O2S/c15-9-1-2-11-10(5-9)17(13(18)7-19-11)8-14(3-4-14)6-12(16)20/h1-2,5H,3-4,6-8H2,(H2,16,20). The number of ether oxygens (including phenoxy) is 1. The number of nitrogens with zero attached hydrogens (tertiary/aromatic N) is 1. The van der Waals surface area contributed by atoms with Gasteiger partial charge < -0.3 is 15.4 Å². The van der Waals surface area contributed by atoms with Gasteiger partial charge in [0.1, 0.15) is 5.75 Å². The highest BCUT2D eigenvalue weighted by atomic mass is 79.9. The molecule has 0 radical (unpaired) electrons. The summed E-state index contributed by atoms with van der Waals surface area (Å²) in [7, 11) is 0. The Kier molecular flexibility index (Phi) is 3.46. The predicted octanol–water partition coefficient (Wildman–Crippen LogP) is 2.63. The summed E-state index contributed by atoms with van der Waals surface area (Å²) in [6.07, 6.45) is 2.84. The van der Waals surface area contributed by atoms with Crippen LogP contribution in [0.1, 0.15) is 19.3 Å². The Balaban J connectivity index is 1.88. The number of carbonyl (C=O) groups is 1. The number of hydrogen-bond acceptors (Lipinski definition) is 3. The average Bonchev–Trinajstić information content (AvgIpc) is 3.12. The first-order chi connectivity index (χ1) is 9.49. The molecule has 1 amide bonds. The highest BCUT2D eigenvalue weighted by Gasteiger charge is 2.46. The molecule has 0 unspecified atom stereocenters. The van der Waals surface area contributed by atoms with Gasteiger partial charge in [0.05, 0.1) is 10.7 Å². The van der Waals surface area contributed by atoms with Crippen LogP contribution in [0, 0.1) is 5.41 Å². The summed E-state index contributed by atoms with van der Waals surface area (Å²) in [5.41, 5.74) is 6.56. The lowest BCUT2D eigenvalue weighted by atomic mass is 10.0. The number of benzene rings is 1. The number of carbonyl (C=O) groups excluding carboxylic acids is 1. The van der Waals surface area contributed by atoms with Crippen LogP contribution in [0.5, 0.6) is 5.75 Å². The summed E-state index contributed by atoms with van der Waals surface area (Å²) in [6.45, 7) is 0.758. The van der Waals surface area contributed by atoms with Crippen LogP contribution in [-0.4, -0.2) is 24.0 Å². The predicted molar refractivity (Wildman–Crippen MR) is 85.1 cm³/mol. The lowest BCUT2D eigenvalue weighted by Gasteiger charge is -2.32. The van der Waals surface area contributed by atoms with Crippen LogP contribution in [0.15, 0.2) is 22.7 Å². The summed E-state index contributed by atoms with van der Waals surface area (Å²) < 4.78 is 6.40. The van der Waals surface area contributed by atoms with E-state index >= 15 is 0 Å². The Morgan fingerprint density at radius 3 is 2.90 bits per heavy atom. The highest BCUT2D eigenvalue weighted by Crippen LogP contribution is 2.51. The molecule has 1 aromatic rings. The molecular formula is C14H15BrN2O2S. The molecule has 0 bridgehead atoms. The number of rotatable bonds is 4. The van der Waals surface area contributed by atoms with E-state index in [1.54, 1.807) is 0 Å². The zero-order chi connectivity index (χ0) is 14.3. The van der Waals surface area contributed by atoms with Crippen LogP contribution in [0.3, 0.4) is 0 Å². The second kappa shape index (κ2) is 5.00. The number of nitrogens with two attached hydrogens (primary N) is 1. The molecule has 1 aliphatic carbocycles. The molecule has 6 heteroatoms. The van der Waals surface area contributed by atoms with E-state index in [1.165, 1.54) is 0 Å². The van der Waals surface area contributed by atoms with Gasteiger partial charge in [-0.3, -0.25) is 4.79 Å². The molecule has 2 N–H and O–H groups in total. The molecule has 0 spiro atoms. The number of fused-ring (bicyclic) bond motifs is 1. The first kappa shape index (κ1) is 13.8. The molecule has 1 aliphatic heterocycles. The van der Waals surface area contributed by atoms with E-state index in [-0.39, 0.29) is 17.9 Å². The average molecular weight is 355 g/mol. The maximum atomic E-state index is 12.2. The maximum absolute atomic E-state index is 12.2. The van der Waals surface area contributed by atoms with Crippen LogP contribution in [0.4, 0.5) is 5.69 Å². The van der Waals surface area contributed by atoms with Crippen LogP contribution < -0.4 is 15.4 Å². The van der Waals surface area contributed by atoms with Gasteiger partial charge in [0.2, 0.25) is 0 Å². The lowest BCUT2D eigenvalue weighted by molar-refractivity contribution is -0.121. The van der Waals surface area contributed by atoms with Crippen LogP contribution in [-0.2, 0) is 4.79 Å². The van der Waals surface area contributed by atoms with E-state index in [9.17, 15) is 4.79 Å². The monoisotopic (exact) mass is 354 g/mol. The quantitative estimate of drug-likeness (QED) is 0.844. The van der Waals surface area contributed by atoms with E-state index in [0.29, 0.717) is 18.0 Å². The summed E-state index contributed by atoms with van der Waals surface area (Å²) in [4.78, 5) is 14.5. The van der Waals surface area contributed by atoms with Gasteiger partial charge in [-0.05, 0) is 36.5 Å². The van der Waals surface area contributed by atoms with Gasteiger partial charge >= 0.3 is 0 Å². The summed E-state index contributed by atoms with van der Waals surface area (Å²) in [5.74, 6) is 0.740. The third-order valence-electron chi connectivity index (χ3n) is 3.86. The molecule has 4 nitrogen and oxygen atoms in total. The number of halogens is 1. The third kappa shape index (κ3) is 2.67. The first-order valence-corrected chi connectivity index (χ1v) is 7.70. The maximum Gasteiger partial charge on any atom is 0.265 e. The van der Waals surface area contributed by atoms with Gasteiger partial charge in [-0.15, -0.1) is 0 Å². The van der Waals surface area contributed by atoms with E-state index in [1.807, 2.05) is 23.1 Å². The number of anilines is 1. The van der Waals surface area contributed by atoms with Crippen LogP contribution in [0.25, 0.3) is 0 Å². The second-order valence-corrected chi connectivity index (χ2v) is 6.96. The fourth-order valence-electron chi connectivity index (χ4n) is 2.62. The minimum absolute atomic E-state index is 0.00943. The van der Waals surface area contributed by atoms with Crippen molar-refractivity contribution in [2.45, 2.75) is 19.3 Å². The van der Waals surface area contributed by atoms with E-state index in [4.69, 9.17) is 22.7 Å². The zero-order valence-electron chi connectivity index (χ0n) is 10.9. The van der Waals surface area contributed by atoms with Crippen molar-refractivity contribution in [1.82, 2.24) is 0 Å². The summed E-state index contributed by atoms with van der Waals surface area (Å²) in [6, 6.07) is 5.71. The third-order valence-corrected chi connectivity index (χ3v) is 4.50. The molecule has 1 aromatic carbocycles. The largest absolute Gasteiger partial charge is 0.482 e. The molecule has 1 heterocycles. The van der Waals surface area contributed by atoms with Crippen molar-refractivity contribution >= 4 is 44.7 Å². The Bertz CT molecular complexity index is 587. The van der Waals surface area contributed by atoms with Gasteiger partial charge in [-0.25, -0.2) is 0 Å². The van der Waals surface area contributed by atoms with Gasteiger partial charge in [-0.1, -0.05) is 28.1 Å². The molecule has 2 aliphatic rings. The van der Waals surface area contributed by atoms with Gasteiger partial charge in [-0.2, -0.15) is 0 Å². The van der Waals surface area contributed by atoms with Crippen molar-refractivity contribution in [3.8, 4) is 5.75 Å². The molecule has 3 rings (SSSR count). The smallest absolute Gasteiger partial charge is 0.265 e. The number of thiocarbonyl (C=S) groups is 1. The van der Waals surface area contributed by atoms with Crippen molar-refractivity contribution in [3.63, 3.8) is 0 Å². The Hall–Kier alpha value is -1.14. The molecule has 0 aromatic heterocycles. The molecule has 20 heavy (non-hydrogen) atoms. The van der Waals surface area contributed by atoms with Crippen molar-refractivity contribution in [2.75, 3.05) is 18.1 Å². The minimum Gasteiger partial charge on any atom is -0.482 e. The molecule has 1 saturated carbocycles. The Morgan fingerprint density at radius 1 is 1.50 bits per heavy atom. The van der Waals surface area contributed by atoms with E-state index < -0.39 is 0 Å². The van der Waals surface area contributed by atoms with Crippen LogP contribution in [0.2, 0.25) is 0 Å². The van der Waals surface area contributed by atoms with Crippen molar-refractivity contribution in [1.29, 1.82) is 0 Å². The fourth-order valence-corrected chi connectivity index (χ4v) is 3.28. The summed E-state index contributed by atoms with van der Waals surface area (Å²) in [5, 5.41) is 0. The molecule has 106 valence electrons. The van der Waals surface area contributed by atoms with Crippen LogP contribution >= 0.6 is 28.1 Å². The summed E-state index contributed by atoms with van der Waals surface area (Å²) >= 11 is 8.46. The second-order valence-electron chi connectivity index (χ2n) is 5.52. The zero-order valence-corrected chi connectivity index (χ0v) is 13.3. The molecular weight excluding hydrogens is 340 g/mol. The topological polar surface area (TPSA) is 55.6 Å². The van der Waals surface area contributed by atoms with Crippen molar-refractivity contribution in [3.05, 3.63) is 22.7 Å².